The van der Waals surface area contributed by atoms with Crippen LogP contribution in [-0.4, -0.2) is 12.5 Å². The molecule has 0 fully saturated rings. The zero-order valence-corrected chi connectivity index (χ0v) is 7.60. The summed E-state index contributed by atoms with van der Waals surface area (Å²) in [6.07, 6.45) is 0. The number of nitrogens with one attached hydrogen (secondary N) is 1. The largest absolute Gasteiger partial charge is 0.478 e. The molecule has 0 aliphatic carbocycles. The molecule has 3 nitrogen and oxygen atoms in total. The molecule has 0 aliphatic heterocycles. The summed E-state index contributed by atoms with van der Waals surface area (Å²) in [6, 6.07) is 1.81. The van der Waals surface area contributed by atoms with Crippen LogP contribution in [0.5, 0.6) is 0 Å². The molecule has 3 heteroatoms. The van der Waals surface area contributed by atoms with Gasteiger partial charge in [0.2, 0.25) is 5.90 Å². The van der Waals surface area contributed by atoms with Crippen LogP contribution in [0.2, 0.25) is 0 Å². The maximum atomic E-state index is 7.50. The molecule has 0 spiro atoms. The normalized spacial score (nSPS) is 9.92. The van der Waals surface area contributed by atoms with Gasteiger partial charge in [0.1, 0.15) is 11.5 Å². The quantitative estimate of drug-likeness (QED) is 0.542. The molecular weight excluding hydrogens is 154 g/mol. The van der Waals surface area contributed by atoms with E-state index in [1.165, 1.54) is 0 Å². The van der Waals surface area contributed by atoms with Crippen LogP contribution in [0.3, 0.4) is 0 Å². The lowest BCUT2D eigenvalue weighted by molar-refractivity contribution is 0.325. The molecule has 1 heterocycles. The van der Waals surface area contributed by atoms with Gasteiger partial charge in [0.05, 0.1) is 12.2 Å². The average molecular weight is 167 g/mol. The van der Waals surface area contributed by atoms with Crippen molar-refractivity contribution in [2.24, 2.45) is 0 Å². The Labute approximate surface area is 71.8 Å². The van der Waals surface area contributed by atoms with Gasteiger partial charge >= 0.3 is 0 Å². The number of ether oxygens (including phenoxy) is 1. The van der Waals surface area contributed by atoms with E-state index in [0.717, 1.165) is 17.1 Å². The number of hydrogen-bond acceptors (Lipinski definition) is 3. The van der Waals surface area contributed by atoms with Gasteiger partial charge in [-0.25, -0.2) is 0 Å². The fourth-order valence-electron chi connectivity index (χ4n) is 1.08. The van der Waals surface area contributed by atoms with Gasteiger partial charge in [0.25, 0.3) is 0 Å². The predicted molar refractivity (Wildman–Crippen MR) is 46.6 cm³/mol. The lowest BCUT2D eigenvalue weighted by atomic mass is 10.2. The van der Waals surface area contributed by atoms with Crippen molar-refractivity contribution >= 4 is 5.90 Å². The molecule has 0 saturated carbocycles. The van der Waals surface area contributed by atoms with E-state index >= 15 is 0 Å². The van der Waals surface area contributed by atoms with Crippen LogP contribution in [0.25, 0.3) is 0 Å². The van der Waals surface area contributed by atoms with E-state index in [1.54, 1.807) is 0 Å². The Kier molecular flexibility index (Phi) is 2.53. The molecule has 0 aromatic carbocycles. The highest BCUT2D eigenvalue weighted by molar-refractivity contribution is 5.92. The Morgan fingerprint density at radius 1 is 1.58 bits per heavy atom. The van der Waals surface area contributed by atoms with Gasteiger partial charge in [-0.2, -0.15) is 0 Å². The maximum Gasteiger partial charge on any atom is 0.216 e. The highest BCUT2D eigenvalue weighted by atomic mass is 16.5. The topological polar surface area (TPSA) is 46.2 Å². The summed E-state index contributed by atoms with van der Waals surface area (Å²) < 4.78 is 10.3. The zero-order valence-electron chi connectivity index (χ0n) is 7.60. The summed E-state index contributed by atoms with van der Waals surface area (Å²) in [5.41, 5.74) is 0.745. The molecular formula is C9H13NO2. The van der Waals surface area contributed by atoms with Crippen LogP contribution in [0, 0.1) is 19.3 Å². The minimum Gasteiger partial charge on any atom is -0.478 e. The van der Waals surface area contributed by atoms with E-state index in [1.807, 2.05) is 26.8 Å². The van der Waals surface area contributed by atoms with Crippen molar-refractivity contribution in [2.75, 3.05) is 6.61 Å². The molecule has 0 saturated heterocycles. The molecule has 1 rings (SSSR count). The first kappa shape index (κ1) is 8.84. The van der Waals surface area contributed by atoms with Gasteiger partial charge in [0, 0.05) is 0 Å². The molecule has 0 amide bonds. The number of furan rings is 1. The van der Waals surface area contributed by atoms with Crippen LogP contribution in [0.1, 0.15) is 24.0 Å². The van der Waals surface area contributed by atoms with E-state index < -0.39 is 0 Å². The number of aryl methyl sites for hydroxylation is 2. The first-order valence-electron chi connectivity index (χ1n) is 3.94. The highest BCUT2D eigenvalue weighted by Crippen LogP contribution is 2.14. The molecule has 0 aliphatic rings. The highest BCUT2D eigenvalue weighted by Gasteiger charge is 2.09. The third-order valence-electron chi connectivity index (χ3n) is 1.57. The minimum absolute atomic E-state index is 0.187. The predicted octanol–water partition coefficient (Wildman–Crippen LogP) is 2.26. The third-order valence-corrected chi connectivity index (χ3v) is 1.57. The first-order chi connectivity index (χ1) is 5.65. The smallest absolute Gasteiger partial charge is 0.216 e. The van der Waals surface area contributed by atoms with Crippen LogP contribution in [0.15, 0.2) is 10.5 Å². The van der Waals surface area contributed by atoms with Crippen molar-refractivity contribution in [3.63, 3.8) is 0 Å². The second-order valence-electron chi connectivity index (χ2n) is 2.59. The molecule has 0 bridgehead atoms. The lowest BCUT2D eigenvalue weighted by Gasteiger charge is -2.01. The summed E-state index contributed by atoms with van der Waals surface area (Å²) in [7, 11) is 0. The molecule has 1 aromatic heterocycles. The SMILES string of the molecule is CCOC(=N)c1cc(C)oc1C. The van der Waals surface area contributed by atoms with E-state index in [4.69, 9.17) is 14.6 Å². The van der Waals surface area contributed by atoms with Crippen molar-refractivity contribution in [1.29, 1.82) is 5.41 Å². The molecule has 66 valence electrons. The van der Waals surface area contributed by atoms with E-state index in [9.17, 15) is 0 Å². The van der Waals surface area contributed by atoms with Crippen LogP contribution >= 0.6 is 0 Å². The molecule has 0 atom stereocenters. The van der Waals surface area contributed by atoms with Gasteiger partial charge in [-0.15, -0.1) is 0 Å². The maximum absolute atomic E-state index is 7.50. The van der Waals surface area contributed by atoms with Gasteiger partial charge in [-0.1, -0.05) is 0 Å². The van der Waals surface area contributed by atoms with Crippen molar-refractivity contribution in [3.05, 3.63) is 23.2 Å². The van der Waals surface area contributed by atoms with Gasteiger partial charge in [0.15, 0.2) is 0 Å². The standard InChI is InChI=1S/C9H13NO2/c1-4-11-9(10)8-5-6(2)12-7(8)3/h5,10H,4H2,1-3H3. The Morgan fingerprint density at radius 2 is 2.25 bits per heavy atom. The van der Waals surface area contributed by atoms with Gasteiger partial charge in [-0.05, 0) is 26.8 Å². The molecule has 0 unspecified atom stereocenters. The Balaban J connectivity index is 2.87. The molecule has 1 N–H and O–H groups in total. The van der Waals surface area contributed by atoms with Gasteiger partial charge in [-0.3, -0.25) is 5.41 Å². The molecule has 12 heavy (non-hydrogen) atoms. The Bertz CT molecular complexity index is 289. The van der Waals surface area contributed by atoms with E-state index in [0.29, 0.717) is 6.61 Å². The van der Waals surface area contributed by atoms with Crippen molar-refractivity contribution in [3.8, 4) is 0 Å². The molecule has 0 radical (unpaired) electrons. The second-order valence-corrected chi connectivity index (χ2v) is 2.59. The van der Waals surface area contributed by atoms with Crippen molar-refractivity contribution in [1.82, 2.24) is 0 Å². The van der Waals surface area contributed by atoms with Crippen molar-refractivity contribution < 1.29 is 9.15 Å². The summed E-state index contributed by atoms with van der Waals surface area (Å²) in [6.45, 7) is 6.06. The van der Waals surface area contributed by atoms with Crippen LogP contribution < -0.4 is 0 Å². The first-order valence-corrected chi connectivity index (χ1v) is 3.94. The molecule has 1 aromatic rings. The zero-order chi connectivity index (χ0) is 9.14. The number of rotatable bonds is 2. The fourth-order valence-corrected chi connectivity index (χ4v) is 1.08. The average Bonchev–Trinajstić information content (AvgIpc) is 2.30. The Hall–Kier alpha value is -1.25. The number of hydrogen-bond donors (Lipinski definition) is 1. The van der Waals surface area contributed by atoms with E-state index in [2.05, 4.69) is 0 Å². The van der Waals surface area contributed by atoms with Crippen LogP contribution in [0.4, 0.5) is 0 Å². The fraction of sp³-hybridized carbons (Fsp3) is 0.444. The second kappa shape index (κ2) is 3.43. The summed E-state index contributed by atoms with van der Waals surface area (Å²) in [5.74, 6) is 1.74. The van der Waals surface area contributed by atoms with E-state index in [-0.39, 0.29) is 5.90 Å². The van der Waals surface area contributed by atoms with Gasteiger partial charge < -0.3 is 9.15 Å². The summed E-state index contributed by atoms with van der Waals surface area (Å²) in [5, 5.41) is 7.50. The van der Waals surface area contributed by atoms with Crippen molar-refractivity contribution in [2.45, 2.75) is 20.8 Å². The van der Waals surface area contributed by atoms with Crippen LogP contribution in [-0.2, 0) is 4.74 Å². The summed E-state index contributed by atoms with van der Waals surface area (Å²) in [4.78, 5) is 0. The minimum atomic E-state index is 0.187. The Morgan fingerprint density at radius 3 is 2.67 bits per heavy atom. The lowest BCUT2D eigenvalue weighted by Crippen LogP contribution is -2.04. The third kappa shape index (κ3) is 1.67. The monoisotopic (exact) mass is 167 g/mol. The summed E-state index contributed by atoms with van der Waals surface area (Å²) >= 11 is 0.